The second kappa shape index (κ2) is 6.07. The van der Waals surface area contributed by atoms with Crippen LogP contribution in [0, 0.1) is 0 Å². The largest absolute Gasteiger partial charge is 0.456 e. The van der Waals surface area contributed by atoms with Crippen LogP contribution in [-0.2, 0) is 0 Å². The van der Waals surface area contributed by atoms with Crippen molar-refractivity contribution in [2.24, 2.45) is 0 Å². The van der Waals surface area contributed by atoms with E-state index in [1.165, 1.54) is 6.92 Å². The van der Waals surface area contributed by atoms with Gasteiger partial charge in [-0.15, -0.1) is 0 Å². The van der Waals surface area contributed by atoms with Crippen molar-refractivity contribution in [3.63, 3.8) is 0 Å². The fourth-order valence-corrected chi connectivity index (χ4v) is 2.96. The van der Waals surface area contributed by atoms with Crippen molar-refractivity contribution in [2.45, 2.75) is 6.92 Å². The minimum Gasteiger partial charge on any atom is -0.456 e. The van der Waals surface area contributed by atoms with Crippen LogP contribution in [0.1, 0.15) is 17.3 Å². The summed E-state index contributed by atoms with van der Waals surface area (Å²) in [6, 6.07) is 10.6. The SMILES string of the molecule is CC(=O)c1ccc(Oc2ccc(Br)cc2Br)cc1Cl. The molecule has 5 heteroatoms. The summed E-state index contributed by atoms with van der Waals surface area (Å²) in [5.74, 6) is 1.19. The van der Waals surface area contributed by atoms with Gasteiger partial charge in [-0.2, -0.15) is 0 Å². The molecule has 0 amide bonds. The third kappa shape index (κ3) is 3.59. The normalized spacial score (nSPS) is 10.3. The van der Waals surface area contributed by atoms with E-state index in [9.17, 15) is 4.79 Å². The van der Waals surface area contributed by atoms with Gasteiger partial charge in [0.05, 0.1) is 9.50 Å². The van der Waals surface area contributed by atoms with Crippen molar-refractivity contribution >= 4 is 49.2 Å². The topological polar surface area (TPSA) is 26.3 Å². The highest BCUT2D eigenvalue weighted by atomic mass is 79.9. The van der Waals surface area contributed by atoms with Gasteiger partial charge in [0.1, 0.15) is 11.5 Å². The predicted molar refractivity (Wildman–Crippen MR) is 83.4 cm³/mol. The summed E-state index contributed by atoms with van der Waals surface area (Å²) in [6.07, 6.45) is 0. The number of hydrogen-bond acceptors (Lipinski definition) is 2. The van der Waals surface area contributed by atoms with Gasteiger partial charge in [-0.3, -0.25) is 4.79 Å². The molecule has 0 heterocycles. The average Bonchev–Trinajstić information content (AvgIpc) is 2.32. The molecule has 0 radical (unpaired) electrons. The molecule has 0 fully saturated rings. The summed E-state index contributed by atoms with van der Waals surface area (Å²) < 4.78 is 7.50. The lowest BCUT2D eigenvalue weighted by Crippen LogP contribution is -1.94. The van der Waals surface area contributed by atoms with Crippen LogP contribution in [0.3, 0.4) is 0 Å². The third-order valence-electron chi connectivity index (χ3n) is 2.44. The first kappa shape index (κ1) is 14.6. The van der Waals surface area contributed by atoms with E-state index in [-0.39, 0.29) is 5.78 Å². The number of Topliss-reactive ketones (excluding diaryl/α,β-unsaturated/α-hetero) is 1. The standard InChI is InChI=1S/C14H9Br2ClO2/c1-8(18)11-4-3-10(7-13(11)17)19-14-5-2-9(15)6-12(14)16/h2-7H,1H3. The highest BCUT2D eigenvalue weighted by molar-refractivity contribution is 9.11. The number of rotatable bonds is 3. The molecule has 0 atom stereocenters. The van der Waals surface area contributed by atoms with Gasteiger partial charge < -0.3 is 4.74 Å². The maximum Gasteiger partial charge on any atom is 0.161 e. The molecule has 98 valence electrons. The lowest BCUT2D eigenvalue weighted by Gasteiger charge is -2.09. The van der Waals surface area contributed by atoms with E-state index in [4.69, 9.17) is 16.3 Å². The van der Waals surface area contributed by atoms with Gasteiger partial charge in [0.15, 0.2) is 5.78 Å². The third-order valence-corrected chi connectivity index (χ3v) is 3.87. The number of ketones is 1. The van der Waals surface area contributed by atoms with Crippen molar-refractivity contribution in [2.75, 3.05) is 0 Å². The monoisotopic (exact) mass is 402 g/mol. The van der Waals surface area contributed by atoms with Crippen LogP contribution in [0.2, 0.25) is 5.02 Å². The number of benzene rings is 2. The Morgan fingerprint density at radius 3 is 2.47 bits per heavy atom. The van der Waals surface area contributed by atoms with Crippen LogP contribution in [0.15, 0.2) is 45.3 Å². The maximum atomic E-state index is 11.3. The number of halogens is 3. The van der Waals surface area contributed by atoms with Crippen molar-refractivity contribution in [1.82, 2.24) is 0 Å². The van der Waals surface area contributed by atoms with Crippen LogP contribution >= 0.6 is 43.5 Å². The molecule has 0 aliphatic carbocycles. The summed E-state index contributed by atoms with van der Waals surface area (Å²) in [7, 11) is 0. The van der Waals surface area contributed by atoms with Crippen LogP contribution in [0.5, 0.6) is 11.5 Å². The van der Waals surface area contributed by atoms with Gasteiger partial charge in [-0.05, 0) is 53.2 Å². The van der Waals surface area contributed by atoms with Crippen molar-refractivity contribution < 1.29 is 9.53 Å². The Kier molecular flexibility index (Phi) is 4.66. The van der Waals surface area contributed by atoms with Crippen LogP contribution in [-0.4, -0.2) is 5.78 Å². The highest BCUT2D eigenvalue weighted by Crippen LogP contribution is 2.33. The van der Waals surface area contributed by atoms with Crippen molar-refractivity contribution in [3.05, 3.63) is 55.9 Å². The first-order valence-corrected chi connectivity index (χ1v) is 7.37. The first-order valence-electron chi connectivity index (χ1n) is 5.41. The van der Waals surface area contributed by atoms with Gasteiger partial charge in [0, 0.05) is 16.1 Å². The van der Waals surface area contributed by atoms with E-state index in [0.29, 0.717) is 22.1 Å². The zero-order chi connectivity index (χ0) is 14.0. The molecule has 0 bridgehead atoms. The Bertz CT molecular complexity index is 641. The van der Waals surface area contributed by atoms with E-state index in [0.717, 1.165) is 8.95 Å². The van der Waals surface area contributed by atoms with Gasteiger partial charge in [-0.1, -0.05) is 27.5 Å². The maximum absolute atomic E-state index is 11.3. The van der Waals surface area contributed by atoms with E-state index in [1.807, 2.05) is 18.2 Å². The van der Waals surface area contributed by atoms with Gasteiger partial charge in [0.2, 0.25) is 0 Å². The molecule has 0 aromatic heterocycles. The summed E-state index contributed by atoms with van der Waals surface area (Å²) >= 11 is 12.8. The van der Waals surface area contributed by atoms with Crippen molar-refractivity contribution in [1.29, 1.82) is 0 Å². The van der Waals surface area contributed by atoms with E-state index in [2.05, 4.69) is 31.9 Å². The molecule has 0 N–H and O–H groups in total. The van der Waals surface area contributed by atoms with Gasteiger partial charge >= 0.3 is 0 Å². The average molecular weight is 404 g/mol. The zero-order valence-electron chi connectivity index (χ0n) is 9.91. The number of carbonyl (C=O) groups is 1. The molecule has 2 aromatic carbocycles. The Hall–Kier alpha value is -0.840. The first-order chi connectivity index (χ1) is 8.97. The number of carbonyl (C=O) groups excluding carboxylic acids is 1. The van der Waals surface area contributed by atoms with Crippen LogP contribution in [0.25, 0.3) is 0 Å². The quantitative estimate of drug-likeness (QED) is 0.599. The minimum absolute atomic E-state index is 0.0682. The molecule has 19 heavy (non-hydrogen) atoms. The van der Waals surface area contributed by atoms with E-state index < -0.39 is 0 Å². The fraction of sp³-hybridized carbons (Fsp3) is 0.0714. The minimum atomic E-state index is -0.0682. The zero-order valence-corrected chi connectivity index (χ0v) is 13.8. The summed E-state index contributed by atoms with van der Waals surface area (Å²) in [5.41, 5.74) is 0.490. The van der Waals surface area contributed by atoms with Gasteiger partial charge in [-0.25, -0.2) is 0 Å². The Morgan fingerprint density at radius 2 is 1.89 bits per heavy atom. The van der Waals surface area contributed by atoms with Crippen LogP contribution in [0.4, 0.5) is 0 Å². The molecule has 0 aliphatic heterocycles. The molecule has 0 spiro atoms. The fourth-order valence-electron chi connectivity index (χ4n) is 1.53. The molecule has 0 aliphatic rings. The molecule has 2 nitrogen and oxygen atoms in total. The summed E-state index contributed by atoms with van der Waals surface area (Å²) in [4.78, 5) is 11.3. The Morgan fingerprint density at radius 1 is 1.16 bits per heavy atom. The summed E-state index contributed by atoms with van der Waals surface area (Å²) in [5, 5.41) is 0.387. The molecule has 2 aromatic rings. The lowest BCUT2D eigenvalue weighted by molar-refractivity contribution is 0.101. The molecule has 0 saturated carbocycles. The van der Waals surface area contributed by atoms with Crippen LogP contribution < -0.4 is 4.74 Å². The smallest absolute Gasteiger partial charge is 0.161 e. The van der Waals surface area contributed by atoms with E-state index >= 15 is 0 Å². The molecule has 2 rings (SSSR count). The second-order valence-corrected chi connectivity index (χ2v) is 6.05. The Labute approximate surface area is 133 Å². The van der Waals surface area contributed by atoms with Crippen molar-refractivity contribution in [3.8, 4) is 11.5 Å². The predicted octanol–water partition coefficient (Wildman–Crippen LogP) is 5.86. The molecular formula is C14H9Br2ClO2. The number of hydrogen-bond donors (Lipinski definition) is 0. The highest BCUT2D eigenvalue weighted by Gasteiger charge is 2.08. The Balaban J connectivity index is 2.29. The second-order valence-electron chi connectivity index (χ2n) is 3.87. The van der Waals surface area contributed by atoms with E-state index in [1.54, 1.807) is 18.2 Å². The molecule has 0 unspecified atom stereocenters. The molecular weight excluding hydrogens is 395 g/mol. The molecule has 0 saturated heterocycles. The summed E-state index contributed by atoms with van der Waals surface area (Å²) in [6.45, 7) is 1.48. The number of ether oxygens (including phenoxy) is 1. The lowest BCUT2D eigenvalue weighted by atomic mass is 10.1. The van der Waals surface area contributed by atoms with Gasteiger partial charge in [0.25, 0.3) is 0 Å².